The Morgan fingerprint density at radius 1 is 1.35 bits per heavy atom. The van der Waals surface area contributed by atoms with Crippen LogP contribution >= 0.6 is 0 Å². The van der Waals surface area contributed by atoms with Crippen molar-refractivity contribution in [3.05, 3.63) is 0 Å². The van der Waals surface area contributed by atoms with Crippen molar-refractivity contribution >= 4 is 10.5 Å². The fraction of sp³-hybridized carbons (Fsp3) is 1.00. The smallest absolute Gasteiger partial charge is 0.176 e. The molecule has 0 bridgehead atoms. The van der Waals surface area contributed by atoms with Gasteiger partial charge in [-0.05, 0) is 12.3 Å². The van der Waals surface area contributed by atoms with Crippen LogP contribution in [0.4, 0.5) is 0 Å². The van der Waals surface area contributed by atoms with Crippen LogP contribution in [0.5, 0.6) is 0 Å². The summed E-state index contributed by atoms with van der Waals surface area (Å²) in [6, 6.07) is 0. The summed E-state index contributed by atoms with van der Waals surface area (Å²) in [4.78, 5) is 0. The van der Waals surface area contributed by atoms with Crippen LogP contribution in [0.15, 0.2) is 0 Å². The number of rotatable bonds is 1. The molecule has 0 aromatic rings. The Morgan fingerprint density at radius 3 is 2.35 bits per heavy atom. The van der Waals surface area contributed by atoms with Crippen molar-refractivity contribution in [2.24, 2.45) is 23.2 Å². The predicted octanol–water partition coefficient (Wildman–Crippen LogP) is 1.43. The molecule has 2 rings (SSSR count). The van der Waals surface area contributed by atoms with E-state index in [2.05, 4.69) is 13.8 Å². The van der Waals surface area contributed by atoms with Crippen molar-refractivity contribution in [3.63, 3.8) is 0 Å². The van der Waals surface area contributed by atoms with Gasteiger partial charge in [0.1, 0.15) is 10.5 Å². The zero-order chi connectivity index (χ0) is 13.1. The van der Waals surface area contributed by atoms with Crippen LogP contribution in [-0.4, -0.2) is 27.2 Å². The molecular weight excluding hydrogens is 232 g/mol. The molecule has 100 valence electrons. The summed E-state index contributed by atoms with van der Waals surface area (Å²) in [7, 11) is 0.656. The molecule has 17 heavy (non-hydrogen) atoms. The quantitative estimate of drug-likeness (QED) is 0.723. The lowest BCUT2D eigenvalue weighted by molar-refractivity contribution is -0.325. The first-order valence-corrected chi connectivity index (χ1v) is 7.45. The van der Waals surface area contributed by atoms with Crippen LogP contribution < -0.4 is 0 Å². The van der Waals surface area contributed by atoms with Gasteiger partial charge in [-0.1, -0.05) is 34.6 Å². The first-order valence-electron chi connectivity index (χ1n) is 6.64. The van der Waals surface area contributed by atoms with Crippen molar-refractivity contribution < 1.29 is 14.3 Å². The van der Waals surface area contributed by atoms with Gasteiger partial charge in [-0.3, -0.25) is 0 Å². The normalized spacial score (nSPS) is 50.8. The third-order valence-electron chi connectivity index (χ3n) is 4.82. The molecule has 3 nitrogen and oxygen atoms in total. The standard InChI is InChI=1S/C13H26O3Si/c1-8-6-10-9(2)13(14,11(3,4)5)15-12(10,7-8)16-17/h8-10,14H,6-7H2,1-5,17H3/t8-,9?,10?,12?,13?/m0/s1. The zero-order valence-electron chi connectivity index (χ0n) is 11.9. The lowest BCUT2D eigenvalue weighted by Crippen LogP contribution is -2.49. The first kappa shape index (κ1) is 13.5. The zero-order valence-corrected chi connectivity index (χ0v) is 13.9. The molecule has 1 heterocycles. The summed E-state index contributed by atoms with van der Waals surface area (Å²) in [5.41, 5.74) is -0.285. The summed E-state index contributed by atoms with van der Waals surface area (Å²) in [5.74, 6) is -0.489. The Bertz CT molecular complexity index is 314. The molecule has 0 aromatic carbocycles. The predicted molar refractivity (Wildman–Crippen MR) is 70.3 cm³/mol. The molecule has 1 saturated carbocycles. The van der Waals surface area contributed by atoms with E-state index in [-0.39, 0.29) is 11.3 Å². The maximum atomic E-state index is 10.9. The van der Waals surface area contributed by atoms with Crippen LogP contribution in [0.1, 0.15) is 47.5 Å². The van der Waals surface area contributed by atoms with Crippen LogP contribution in [0.25, 0.3) is 0 Å². The number of fused-ring (bicyclic) bond motifs is 1. The molecular formula is C13H26O3Si. The van der Waals surface area contributed by atoms with Crippen molar-refractivity contribution in [2.45, 2.75) is 59.0 Å². The lowest BCUT2D eigenvalue weighted by atomic mass is 9.74. The van der Waals surface area contributed by atoms with Gasteiger partial charge in [-0.25, -0.2) is 0 Å². The molecule has 1 aliphatic carbocycles. The third-order valence-corrected chi connectivity index (χ3v) is 5.51. The molecule has 2 fully saturated rings. The van der Waals surface area contributed by atoms with E-state index in [1.165, 1.54) is 0 Å². The van der Waals surface area contributed by atoms with Gasteiger partial charge >= 0.3 is 0 Å². The molecule has 0 amide bonds. The molecule has 0 aromatic heterocycles. The third kappa shape index (κ3) is 1.72. The van der Waals surface area contributed by atoms with Gasteiger partial charge in [-0.2, -0.15) is 0 Å². The molecule has 0 spiro atoms. The van der Waals surface area contributed by atoms with Crippen molar-refractivity contribution in [2.75, 3.05) is 0 Å². The van der Waals surface area contributed by atoms with E-state index >= 15 is 0 Å². The second kappa shape index (κ2) is 3.79. The topological polar surface area (TPSA) is 38.7 Å². The van der Waals surface area contributed by atoms with E-state index in [4.69, 9.17) is 9.16 Å². The number of ether oxygens (including phenoxy) is 1. The van der Waals surface area contributed by atoms with Crippen LogP contribution in [0, 0.1) is 23.2 Å². The van der Waals surface area contributed by atoms with E-state index < -0.39 is 11.6 Å². The minimum atomic E-state index is -1.07. The van der Waals surface area contributed by atoms with Gasteiger partial charge in [0, 0.05) is 23.7 Å². The highest BCUT2D eigenvalue weighted by atomic mass is 28.2. The Kier molecular flexibility index (Phi) is 3.02. The van der Waals surface area contributed by atoms with Crippen molar-refractivity contribution in [1.29, 1.82) is 0 Å². The van der Waals surface area contributed by atoms with E-state index in [1.54, 1.807) is 0 Å². The Labute approximate surface area is 107 Å². The highest BCUT2D eigenvalue weighted by Gasteiger charge is 2.66. The van der Waals surface area contributed by atoms with Gasteiger partial charge in [0.2, 0.25) is 0 Å². The minimum absolute atomic E-state index is 0.126. The fourth-order valence-electron chi connectivity index (χ4n) is 3.78. The second-order valence-electron chi connectivity index (χ2n) is 7.00. The molecule has 2 aliphatic rings. The largest absolute Gasteiger partial charge is 0.401 e. The molecule has 0 radical (unpaired) electrons. The molecule has 1 aliphatic heterocycles. The summed E-state index contributed by atoms with van der Waals surface area (Å²) >= 11 is 0. The highest BCUT2D eigenvalue weighted by Crippen LogP contribution is 2.60. The Balaban J connectivity index is 2.36. The second-order valence-corrected chi connectivity index (χ2v) is 7.41. The highest BCUT2D eigenvalue weighted by molar-refractivity contribution is 5.98. The van der Waals surface area contributed by atoms with Gasteiger partial charge in [-0.15, -0.1) is 0 Å². The molecule has 5 atom stereocenters. The first-order chi connectivity index (χ1) is 7.66. The Morgan fingerprint density at radius 2 is 1.94 bits per heavy atom. The van der Waals surface area contributed by atoms with Crippen molar-refractivity contribution in [1.82, 2.24) is 0 Å². The lowest BCUT2D eigenvalue weighted by Gasteiger charge is -2.41. The monoisotopic (exact) mass is 258 g/mol. The number of aliphatic hydroxyl groups is 1. The summed E-state index contributed by atoms with van der Waals surface area (Å²) in [6.07, 6.45) is 2.02. The van der Waals surface area contributed by atoms with E-state index in [1.807, 2.05) is 20.8 Å². The molecule has 4 unspecified atom stereocenters. The Hall–Kier alpha value is 0.0969. The van der Waals surface area contributed by atoms with E-state index in [0.29, 0.717) is 22.3 Å². The van der Waals surface area contributed by atoms with Gasteiger partial charge in [0.25, 0.3) is 0 Å². The van der Waals surface area contributed by atoms with Crippen LogP contribution in [0.2, 0.25) is 0 Å². The van der Waals surface area contributed by atoms with Crippen molar-refractivity contribution in [3.8, 4) is 0 Å². The summed E-state index contributed by atoms with van der Waals surface area (Å²) in [5, 5.41) is 10.9. The average Bonchev–Trinajstić information content (AvgIpc) is 2.61. The SMILES string of the molecule is CC1C2C[C@H](C)CC2(O[SiH3])OC1(O)C(C)(C)C. The van der Waals surface area contributed by atoms with Crippen LogP contribution in [0.3, 0.4) is 0 Å². The van der Waals surface area contributed by atoms with E-state index in [9.17, 15) is 5.11 Å². The van der Waals surface area contributed by atoms with Gasteiger partial charge in [0.15, 0.2) is 11.6 Å². The maximum Gasteiger partial charge on any atom is 0.176 e. The molecule has 4 heteroatoms. The minimum Gasteiger partial charge on any atom is -0.401 e. The molecule has 1 saturated heterocycles. The maximum absolute atomic E-state index is 10.9. The van der Waals surface area contributed by atoms with E-state index in [0.717, 1.165) is 12.8 Å². The fourth-order valence-corrected chi connectivity index (χ4v) is 4.33. The van der Waals surface area contributed by atoms with Gasteiger partial charge < -0.3 is 14.3 Å². The van der Waals surface area contributed by atoms with Gasteiger partial charge in [0.05, 0.1) is 0 Å². The molecule has 1 N–H and O–H groups in total. The summed E-state index contributed by atoms with van der Waals surface area (Å²) < 4.78 is 11.9. The van der Waals surface area contributed by atoms with Crippen LogP contribution in [-0.2, 0) is 9.16 Å². The average molecular weight is 258 g/mol. The number of hydrogen-bond acceptors (Lipinski definition) is 3. The summed E-state index contributed by atoms with van der Waals surface area (Å²) in [6.45, 7) is 10.5. The number of hydrogen-bond donors (Lipinski definition) is 1.